The van der Waals surface area contributed by atoms with Gasteiger partial charge in [0.1, 0.15) is 12.7 Å². The summed E-state index contributed by atoms with van der Waals surface area (Å²) in [4.78, 5) is 13.6. The van der Waals surface area contributed by atoms with Crippen LogP contribution in [0, 0.1) is 0 Å². The molecule has 64 valence electrons. The Balaban J connectivity index is 2.27. The van der Waals surface area contributed by atoms with Crippen LogP contribution in [0.15, 0.2) is 49.4 Å². The van der Waals surface area contributed by atoms with Crippen molar-refractivity contribution < 1.29 is 0 Å². The first-order valence-electron chi connectivity index (χ1n) is 3.89. The van der Waals surface area contributed by atoms with Crippen LogP contribution < -0.4 is 4.90 Å². The molecule has 0 saturated heterocycles. The van der Waals surface area contributed by atoms with E-state index in [1.807, 2.05) is 41.6 Å². The molecule has 1 aromatic heterocycles. The second-order valence-electron chi connectivity index (χ2n) is 2.41. The van der Waals surface area contributed by atoms with Gasteiger partial charge in [-0.05, 0) is 12.2 Å². The van der Waals surface area contributed by atoms with Crippen molar-refractivity contribution in [2.24, 2.45) is 0 Å². The molecule has 0 spiro atoms. The minimum absolute atomic E-state index is 0.617. The first kappa shape index (κ1) is 7.67. The fourth-order valence-corrected chi connectivity index (χ4v) is 0.963. The first-order valence-corrected chi connectivity index (χ1v) is 3.89. The maximum absolute atomic E-state index is 4.02. The van der Waals surface area contributed by atoms with E-state index < -0.39 is 0 Å². The van der Waals surface area contributed by atoms with Crippen molar-refractivity contribution >= 4 is 5.95 Å². The van der Waals surface area contributed by atoms with Crippen LogP contribution in [-0.2, 0) is 0 Å². The van der Waals surface area contributed by atoms with Crippen LogP contribution in [0.2, 0.25) is 0 Å². The zero-order chi connectivity index (χ0) is 8.93. The molecule has 4 heteroatoms. The lowest BCUT2D eigenvalue weighted by molar-refractivity contribution is 1.00. The Morgan fingerprint density at radius 3 is 2.08 bits per heavy atom. The molecule has 0 bridgehead atoms. The number of nitrogens with zero attached hydrogens (tertiary/aromatic N) is 4. The molecular formula is C9H8N4. The van der Waals surface area contributed by atoms with Crippen LogP contribution in [0.1, 0.15) is 0 Å². The van der Waals surface area contributed by atoms with E-state index in [1.54, 1.807) is 0 Å². The molecule has 2 rings (SSSR count). The Hall–Kier alpha value is -1.97. The average Bonchev–Trinajstić information content (AvgIpc) is 2.47. The highest BCUT2D eigenvalue weighted by molar-refractivity contribution is 5.41. The molecule has 0 aromatic carbocycles. The highest BCUT2D eigenvalue weighted by atomic mass is 15.2. The normalized spacial score (nSPS) is 14.6. The summed E-state index contributed by atoms with van der Waals surface area (Å²) in [6.45, 7) is 0. The first-order chi connectivity index (χ1) is 6.47. The molecule has 2 heterocycles. The largest absolute Gasteiger partial charge is 0.293 e. The molecule has 1 aromatic rings. The van der Waals surface area contributed by atoms with Gasteiger partial charge in [-0.1, -0.05) is 12.2 Å². The van der Waals surface area contributed by atoms with Crippen LogP contribution in [0.5, 0.6) is 0 Å². The van der Waals surface area contributed by atoms with Gasteiger partial charge in [0.25, 0.3) is 0 Å². The number of hydrogen-bond donors (Lipinski definition) is 0. The predicted molar refractivity (Wildman–Crippen MR) is 49.7 cm³/mol. The summed E-state index contributed by atoms with van der Waals surface area (Å²) in [5, 5.41) is 0. The van der Waals surface area contributed by atoms with Gasteiger partial charge in [-0.2, -0.15) is 0 Å². The topological polar surface area (TPSA) is 41.9 Å². The van der Waals surface area contributed by atoms with E-state index in [1.165, 1.54) is 12.7 Å². The monoisotopic (exact) mass is 172 g/mol. The van der Waals surface area contributed by atoms with Crippen LogP contribution in [0.3, 0.4) is 0 Å². The molecule has 0 unspecified atom stereocenters. The molecule has 13 heavy (non-hydrogen) atoms. The van der Waals surface area contributed by atoms with E-state index in [0.717, 1.165) is 0 Å². The summed E-state index contributed by atoms with van der Waals surface area (Å²) in [6.07, 6.45) is 14.4. The summed E-state index contributed by atoms with van der Waals surface area (Å²) in [6, 6.07) is 0. The highest BCUT2D eigenvalue weighted by Gasteiger charge is 2.00. The molecule has 0 N–H and O–H groups in total. The van der Waals surface area contributed by atoms with Crippen LogP contribution >= 0.6 is 0 Å². The molecule has 1 aliphatic heterocycles. The highest BCUT2D eigenvalue weighted by Crippen LogP contribution is 2.07. The summed E-state index contributed by atoms with van der Waals surface area (Å²) < 4.78 is 0. The summed E-state index contributed by atoms with van der Waals surface area (Å²) in [7, 11) is 0. The second-order valence-corrected chi connectivity index (χ2v) is 2.41. The van der Waals surface area contributed by atoms with E-state index in [9.17, 15) is 0 Å². The molecule has 0 radical (unpaired) electrons. The van der Waals surface area contributed by atoms with E-state index in [0.29, 0.717) is 5.95 Å². The van der Waals surface area contributed by atoms with Crippen molar-refractivity contribution in [3.63, 3.8) is 0 Å². The maximum Gasteiger partial charge on any atom is 0.236 e. The Morgan fingerprint density at radius 2 is 1.46 bits per heavy atom. The van der Waals surface area contributed by atoms with E-state index in [-0.39, 0.29) is 0 Å². The van der Waals surface area contributed by atoms with Crippen LogP contribution in [-0.4, -0.2) is 15.0 Å². The lowest BCUT2D eigenvalue weighted by Crippen LogP contribution is -2.09. The Morgan fingerprint density at radius 1 is 0.846 bits per heavy atom. The van der Waals surface area contributed by atoms with Crippen molar-refractivity contribution in [1.29, 1.82) is 0 Å². The summed E-state index contributed by atoms with van der Waals surface area (Å²) in [5.74, 6) is 0.617. The van der Waals surface area contributed by atoms with Crippen molar-refractivity contribution in [1.82, 2.24) is 15.0 Å². The third kappa shape index (κ3) is 1.79. The van der Waals surface area contributed by atoms with Gasteiger partial charge in [0.05, 0.1) is 0 Å². The van der Waals surface area contributed by atoms with Crippen molar-refractivity contribution in [2.45, 2.75) is 0 Å². The van der Waals surface area contributed by atoms with Gasteiger partial charge in [0, 0.05) is 12.4 Å². The fraction of sp³-hybridized carbons (Fsp3) is 0. The maximum atomic E-state index is 4.02. The quantitative estimate of drug-likeness (QED) is 0.639. The van der Waals surface area contributed by atoms with E-state index >= 15 is 0 Å². The SMILES string of the molecule is C1=CC=CN(c2ncncn2)C=C1. The zero-order valence-electron chi connectivity index (χ0n) is 6.91. The molecule has 0 fully saturated rings. The Labute approximate surface area is 76.0 Å². The van der Waals surface area contributed by atoms with Gasteiger partial charge in [-0.3, -0.25) is 4.90 Å². The van der Waals surface area contributed by atoms with E-state index in [4.69, 9.17) is 0 Å². The third-order valence-corrected chi connectivity index (χ3v) is 1.54. The van der Waals surface area contributed by atoms with Gasteiger partial charge in [-0.25, -0.2) is 15.0 Å². The van der Waals surface area contributed by atoms with Crippen molar-refractivity contribution in [2.75, 3.05) is 4.90 Å². The zero-order valence-corrected chi connectivity index (χ0v) is 6.91. The molecule has 0 saturated carbocycles. The molecule has 0 atom stereocenters. The minimum atomic E-state index is 0.617. The van der Waals surface area contributed by atoms with E-state index in [2.05, 4.69) is 15.0 Å². The summed E-state index contributed by atoms with van der Waals surface area (Å²) in [5.41, 5.74) is 0. The van der Waals surface area contributed by atoms with Gasteiger partial charge in [-0.15, -0.1) is 0 Å². The van der Waals surface area contributed by atoms with Gasteiger partial charge < -0.3 is 0 Å². The van der Waals surface area contributed by atoms with Crippen molar-refractivity contribution in [3.8, 4) is 0 Å². The smallest absolute Gasteiger partial charge is 0.236 e. The lowest BCUT2D eigenvalue weighted by Gasteiger charge is -2.10. The van der Waals surface area contributed by atoms with Crippen LogP contribution in [0.25, 0.3) is 0 Å². The molecular weight excluding hydrogens is 164 g/mol. The third-order valence-electron chi connectivity index (χ3n) is 1.54. The minimum Gasteiger partial charge on any atom is -0.293 e. The van der Waals surface area contributed by atoms with Crippen LogP contribution in [0.4, 0.5) is 5.95 Å². The number of aromatic nitrogens is 3. The number of anilines is 1. The predicted octanol–water partition coefficient (Wildman–Crippen LogP) is 1.28. The molecule has 0 aliphatic carbocycles. The van der Waals surface area contributed by atoms with Gasteiger partial charge in [0.15, 0.2) is 0 Å². The Kier molecular flexibility index (Phi) is 2.14. The number of allylic oxidation sites excluding steroid dienone is 4. The molecule has 1 aliphatic rings. The molecule has 0 amide bonds. The van der Waals surface area contributed by atoms with Gasteiger partial charge >= 0.3 is 0 Å². The second kappa shape index (κ2) is 3.62. The number of rotatable bonds is 1. The standard InChI is InChI=1S/C9H8N4/c1-2-4-6-13(5-3-1)9-11-7-10-8-12-9/h1-8H. The number of hydrogen-bond acceptors (Lipinski definition) is 4. The fourth-order valence-electron chi connectivity index (χ4n) is 0.963. The summed E-state index contributed by atoms with van der Waals surface area (Å²) >= 11 is 0. The van der Waals surface area contributed by atoms with Crippen molar-refractivity contribution in [3.05, 3.63) is 49.4 Å². The Bertz CT molecular complexity index is 337. The molecule has 4 nitrogen and oxygen atoms in total. The van der Waals surface area contributed by atoms with Gasteiger partial charge in [0.2, 0.25) is 5.95 Å². The lowest BCUT2D eigenvalue weighted by atomic mass is 10.5. The average molecular weight is 172 g/mol.